The molecule has 2 aromatic heterocycles. The molecular weight excluding hydrogens is 474 g/mol. The second-order valence-electron chi connectivity index (χ2n) is 7.78. The number of hydrogen-bond donors (Lipinski definition) is 1. The van der Waals surface area contributed by atoms with Gasteiger partial charge in [-0.15, -0.1) is 0 Å². The van der Waals surface area contributed by atoms with Crippen LogP contribution in [-0.2, 0) is 27.3 Å². The van der Waals surface area contributed by atoms with Crippen molar-refractivity contribution in [3.8, 4) is 0 Å². The molecule has 0 atom stereocenters. The zero-order chi connectivity index (χ0) is 26.2. The van der Waals surface area contributed by atoms with E-state index in [0.717, 1.165) is 5.39 Å². The van der Waals surface area contributed by atoms with Crippen LogP contribution < -0.4 is 0 Å². The van der Waals surface area contributed by atoms with E-state index in [2.05, 4.69) is 0 Å². The van der Waals surface area contributed by atoms with Crippen molar-refractivity contribution in [3.63, 3.8) is 0 Å². The standard InChI is InChI=1S/C14H16FNO3.C12H12FNO3/c1-3-19-14(17)13-8-10-4-5-11(15)9-12(10)16(13)6-7-18-2;1-17-5-4-14-10-7-9(13)3-2-8(10)6-11(14)12(15)16/h4-5,8-9H,3,6-7H2,1-2H3;2-3,6-7H,4-5H2,1H3,(H,15,16). The van der Waals surface area contributed by atoms with E-state index < -0.39 is 11.9 Å². The zero-order valence-corrected chi connectivity index (χ0v) is 20.3. The molecule has 0 unspecified atom stereocenters. The molecule has 36 heavy (non-hydrogen) atoms. The molecule has 4 aromatic rings. The quantitative estimate of drug-likeness (QED) is 0.333. The van der Waals surface area contributed by atoms with Gasteiger partial charge in [0.1, 0.15) is 23.0 Å². The Bertz CT molecular complexity index is 1360. The monoisotopic (exact) mass is 502 g/mol. The van der Waals surface area contributed by atoms with Crippen LogP contribution in [-0.4, -0.2) is 60.2 Å². The van der Waals surface area contributed by atoms with Gasteiger partial charge in [-0.25, -0.2) is 18.4 Å². The maximum absolute atomic E-state index is 13.3. The number of carbonyl (C=O) groups is 2. The second kappa shape index (κ2) is 12.3. The first kappa shape index (κ1) is 26.8. The molecule has 0 radical (unpaired) electrons. The minimum absolute atomic E-state index is 0.141. The Morgan fingerprint density at radius 2 is 1.28 bits per heavy atom. The molecule has 0 bridgehead atoms. The van der Waals surface area contributed by atoms with Gasteiger partial charge in [-0.1, -0.05) is 0 Å². The molecule has 0 fully saturated rings. The Kier molecular flexibility index (Phi) is 9.15. The van der Waals surface area contributed by atoms with E-state index in [4.69, 9.17) is 19.3 Å². The Morgan fingerprint density at radius 1 is 0.806 bits per heavy atom. The number of carboxylic acid groups (broad SMARTS) is 1. The molecule has 10 heteroatoms. The number of hydrogen-bond acceptors (Lipinski definition) is 5. The molecule has 4 rings (SSSR count). The Hall–Kier alpha value is -3.76. The summed E-state index contributed by atoms with van der Waals surface area (Å²) in [7, 11) is 3.11. The van der Waals surface area contributed by atoms with E-state index >= 15 is 0 Å². The lowest BCUT2D eigenvalue weighted by molar-refractivity contribution is 0.0511. The van der Waals surface area contributed by atoms with Crippen molar-refractivity contribution >= 4 is 33.7 Å². The number of carboxylic acids is 1. The third-order valence-corrected chi connectivity index (χ3v) is 5.47. The predicted octanol–water partition coefficient (Wildman–Crippen LogP) is 4.73. The molecule has 192 valence electrons. The summed E-state index contributed by atoms with van der Waals surface area (Å²) >= 11 is 0. The molecule has 0 saturated carbocycles. The highest BCUT2D eigenvalue weighted by Gasteiger charge is 2.17. The van der Waals surface area contributed by atoms with Crippen LogP contribution in [0.5, 0.6) is 0 Å². The Morgan fingerprint density at radius 3 is 1.72 bits per heavy atom. The molecule has 0 aliphatic heterocycles. The summed E-state index contributed by atoms with van der Waals surface area (Å²) in [5.41, 5.74) is 1.79. The fourth-order valence-electron chi connectivity index (χ4n) is 3.85. The number of methoxy groups -OCH3 is 2. The molecule has 0 aliphatic carbocycles. The first-order valence-electron chi connectivity index (χ1n) is 11.3. The first-order valence-corrected chi connectivity index (χ1v) is 11.3. The zero-order valence-electron chi connectivity index (χ0n) is 20.3. The van der Waals surface area contributed by atoms with Gasteiger partial charge in [-0.05, 0) is 55.5 Å². The van der Waals surface area contributed by atoms with Crippen LogP contribution in [0.1, 0.15) is 27.9 Å². The summed E-state index contributed by atoms with van der Waals surface area (Å²) < 4.78 is 44.7. The molecule has 2 aromatic carbocycles. The fourth-order valence-corrected chi connectivity index (χ4v) is 3.85. The molecule has 2 heterocycles. The van der Waals surface area contributed by atoms with Crippen LogP contribution in [0.15, 0.2) is 48.5 Å². The summed E-state index contributed by atoms with van der Waals surface area (Å²) in [6.45, 7) is 3.72. The normalized spacial score (nSPS) is 10.9. The number of fused-ring (bicyclic) bond motifs is 2. The van der Waals surface area contributed by atoms with Gasteiger partial charge in [0.15, 0.2) is 0 Å². The van der Waals surface area contributed by atoms with E-state index in [-0.39, 0.29) is 17.3 Å². The molecule has 0 spiro atoms. The number of esters is 1. The highest BCUT2D eigenvalue weighted by Crippen LogP contribution is 2.22. The van der Waals surface area contributed by atoms with Gasteiger partial charge >= 0.3 is 11.9 Å². The lowest BCUT2D eigenvalue weighted by Crippen LogP contribution is -2.14. The number of aromatic carboxylic acids is 1. The van der Waals surface area contributed by atoms with Crippen molar-refractivity contribution in [2.75, 3.05) is 34.0 Å². The number of aromatic nitrogens is 2. The first-order chi connectivity index (χ1) is 17.3. The second-order valence-corrected chi connectivity index (χ2v) is 7.78. The van der Waals surface area contributed by atoms with Gasteiger partial charge in [0.25, 0.3) is 0 Å². The maximum Gasteiger partial charge on any atom is 0.354 e. The Balaban J connectivity index is 0.000000202. The molecular formula is C26H28F2N2O6. The van der Waals surface area contributed by atoms with E-state index in [1.165, 1.54) is 37.4 Å². The third kappa shape index (κ3) is 6.07. The van der Waals surface area contributed by atoms with Crippen molar-refractivity contribution in [1.29, 1.82) is 0 Å². The number of ether oxygens (including phenoxy) is 3. The maximum atomic E-state index is 13.3. The van der Waals surface area contributed by atoms with Crippen molar-refractivity contribution in [2.45, 2.75) is 20.0 Å². The predicted molar refractivity (Wildman–Crippen MR) is 130 cm³/mol. The molecule has 8 nitrogen and oxygen atoms in total. The van der Waals surface area contributed by atoms with Crippen molar-refractivity contribution in [2.24, 2.45) is 0 Å². The largest absolute Gasteiger partial charge is 0.477 e. The van der Waals surface area contributed by atoms with Gasteiger partial charge in [-0.3, -0.25) is 0 Å². The van der Waals surface area contributed by atoms with E-state index in [9.17, 15) is 18.4 Å². The van der Waals surface area contributed by atoms with Gasteiger partial charge in [0.2, 0.25) is 0 Å². The van der Waals surface area contributed by atoms with E-state index in [0.29, 0.717) is 55.0 Å². The number of carbonyl (C=O) groups excluding carboxylic acids is 1. The summed E-state index contributed by atoms with van der Waals surface area (Å²) in [5.74, 6) is -2.15. The minimum atomic E-state index is -1.03. The summed E-state index contributed by atoms with van der Waals surface area (Å²) in [6.07, 6.45) is 0. The molecule has 0 aliphatic rings. The van der Waals surface area contributed by atoms with Crippen molar-refractivity contribution in [1.82, 2.24) is 9.13 Å². The third-order valence-electron chi connectivity index (χ3n) is 5.47. The lowest BCUT2D eigenvalue weighted by atomic mass is 10.2. The molecule has 1 N–H and O–H groups in total. The van der Waals surface area contributed by atoms with Crippen molar-refractivity contribution < 1.29 is 37.7 Å². The van der Waals surface area contributed by atoms with Gasteiger partial charge < -0.3 is 28.5 Å². The van der Waals surface area contributed by atoms with Crippen LogP contribution in [0.2, 0.25) is 0 Å². The smallest absolute Gasteiger partial charge is 0.354 e. The average molecular weight is 503 g/mol. The van der Waals surface area contributed by atoms with Gasteiger partial charge in [-0.2, -0.15) is 0 Å². The number of nitrogens with zero attached hydrogens (tertiary/aromatic N) is 2. The minimum Gasteiger partial charge on any atom is -0.477 e. The fraction of sp³-hybridized carbons (Fsp3) is 0.308. The Labute approximate surface area is 206 Å². The lowest BCUT2D eigenvalue weighted by Gasteiger charge is -2.09. The SMILES string of the molecule is CCOC(=O)c1cc2ccc(F)cc2n1CCOC.COCCn1c(C(=O)O)cc2ccc(F)cc21. The summed E-state index contributed by atoms with van der Waals surface area (Å²) in [4.78, 5) is 23.0. The number of rotatable bonds is 9. The molecule has 0 saturated heterocycles. The van der Waals surface area contributed by atoms with E-state index in [1.54, 1.807) is 41.4 Å². The van der Waals surface area contributed by atoms with E-state index in [1.807, 2.05) is 0 Å². The van der Waals surface area contributed by atoms with Gasteiger partial charge in [0.05, 0.1) is 30.9 Å². The average Bonchev–Trinajstić information content (AvgIpc) is 3.39. The number of benzene rings is 2. The molecule has 0 amide bonds. The van der Waals surface area contributed by atoms with Gasteiger partial charge in [0, 0.05) is 38.1 Å². The van der Waals surface area contributed by atoms with Crippen LogP contribution in [0.25, 0.3) is 21.8 Å². The van der Waals surface area contributed by atoms with Crippen molar-refractivity contribution in [3.05, 3.63) is 71.6 Å². The van der Waals surface area contributed by atoms with Crippen LogP contribution in [0.3, 0.4) is 0 Å². The topological polar surface area (TPSA) is 91.9 Å². The summed E-state index contributed by atoms with van der Waals surface area (Å²) in [6, 6.07) is 11.9. The number of halogens is 2. The summed E-state index contributed by atoms with van der Waals surface area (Å²) in [5, 5.41) is 10.6. The highest BCUT2D eigenvalue weighted by molar-refractivity contribution is 5.96. The highest BCUT2D eigenvalue weighted by atomic mass is 19.1. The van der Waals surface area contributed by atoms with Crippen LogP contribution in [0.4, 0.5) is 8.78 Å². The van der Waals surface area contributed by atoms with Crippen LogP contribution in [0, 0.1) is 11.6 Å². The van der Waals surface area contributed by atoms with Crippen LogP contribution >= 0.6 is 0 Å².